The van der Waals surface area contributed by atoms with E-state index in [1.807, 2.05) is 6.92 Å². The van der Waals surface area contributed by atoms with E-state index in [4.69, 9.17) is 0 Å². The van der Waals surface area contributed by atoms with E-state index < -0.39 is 0 Å². The van der Waals surface area contributed by atoms with Gasteiger partial charge in [0.1, 0.15) is 0 Å². The van der Waals surface area contributed by atoms with E-state index >= 15 is 0 Å². The number of nitrogens with zero attached hydrogens (tertiary/aromatic N) is 2. The molecule has 5 heteroatoms. The highest BCUT2D eigenvalue weighted by molar-refractivity contribution is 7.09. The van der Waals surface area contributed by atoms with Crippen LogP contribution in [0.4, 0.5) is 0 Å². The molecule has 0 saturated carbocycles. The Morgan fingerprint density at radius 2 is 2.15 bits per heavy atom. The molecule has 1 aromatic heterocycles. The fourth-order valence-corrected chi connectivity index (χ4v) is 3.25. The molecular formula is C15H25N3OS. The minimum Gasteiger partial charge on any atom is -0.354 e. The van der Waals surface area contributed by atoms with Gasteiger partial charge in [-0.25, -0.2) is 0 Å². The third-order valence-electron chi connectivity index (χ3n) is 4.03. The maximum absolute atomic E-state index is 12.2. The van der Waals surface area contributed by atoms with Crippen LogP contribution in [-0.4, -0.2) is 61.0 Å². The number of carbonyl (C=O) groups excluding carboxylic acids is 1. The van der Waals surface area contributed by atoms with Crippen molar-refractivity contribution >= 4 is 17.2 Å². The Morgan fingerprint density at radius 3 is 2.75 bits per heavy atom. The van der Waals surface area contributed by atoms with Crippen LogP contribution in [0.1, 0.15) is 18.7 Å². The molecular weight excluding hydrogens is 270 g/mol. The van der Waals surface area contributed by atoms with Crippen molar-refractivity contribution in [3.63, 3.8) is 0 Å². The number of rotatable bonds is 6. The molecule has 1 atom stereocenters. The molecule has 1 unspecified atom stereocenters. The summed E-state index contributed by atoms with van der Waals surface area (Å²) in [6.45, 7) is 10.2. The summed E-state index contributed by atoms with van der Waals surface area (Å²) >= 11 is 1.75. The monoisotopic (exact) mass is 295 g/mol. The second-order valence-electron chi connectivity index (χ2n) is 5.27. The van der Waals surface area contributed by atoms with Crippen LogP contribution in [-0.2, 0) is 11.2 Å². The molecule has 0 radical (unpaired) electrons. The predicted octanol–water partition coefficient (Wildman–Crippen LogP) is 1.43. The van der Waals surface area contributed by atoms with Gasteiger partial charge in [0.2, 0.25) is 5.91 Å². The van der Waals surface area contributed by atoms with Gasteiger partial charge in [-0.1, -0.05) is 13.0 Å². The fraction of sp³-hybridized carbons (Fsp3) is 0.667. The highest BCUT2D eigenvalue weighted by Crippen LogP contribution is 2.09. The molecule has 0 aliphatic carbocycles. The summed E-state index contributed by atoms with van der Waals surface area (Å²) < 4.78 is 0. The fourth-order valence-electron chi connectivity index (χ4n) is 2.54. The van der Waals surface area contributed by atoms with E-state index in [2.05, 4.69) is 39.6 Å². The summed E-state index contributed by atoms with van der Waals surface area (Å²) in [6.07, 6.45) is 0.930. The van der Waals surface area contributed by atoms with Gasteiger partial charge in [0.05, 0.1) is 6.04 Å². The first-order valence-electron chi connectivity index (χ1n) is 7.47. The Kier molecular flexibility index (Phi) is 6.01. The van der Waals surface area contributed by atoms with Crippen molar-refractivity contribution < 1.29 is 4.79 Å². The molecule has 2 heterocycles. The topological polar surface area (TPSA) is 35.6 Å². The summed E-state index contributed by atoms with van der Waals surface area (Å²) in [4.78, 5) is 18.2. The van der Waals surface area contributed by atoms with Gasteiger partial charge < -0.3 is 10.2 Å². The number of carbonyl (C=O) groups is 1. The number of thiophene rings is 1. The second kappa shape index (κ2) is 7.76. The van der Waals surface area contributed by atoms with Crippen molar-refractivity contribution in [3.8, 4) is 0 Å². The lowest BCUT2D eigenvalue weighted by Gasteiger charge is -2.36. The lowest BCUT2D eigenvalue weighted by Crippen LogP contribution is -2.53. The molecule has 20 heavy (non-hydrogen) atoms. The normalized spacial score (nSPS) is 18.9. The number of nitrogens with one attached hydrogen (secondary N) is 1. The van der Waals surface area contributed by atoms with Crippen molar-refractivity contribution in [1.82, 2.24) is 15.1 Å². The van der Waals surface area contributed by atoms with Gasteiger partial charge >= 0.3 is 0 Å². The SMILES string of the molecule is CCN1CCN(C(C)C(=O)NCCc2cccs2)CC1. The second-order valence-corrected chi connectivity index (χ2v) is 6.30. The lowest BCUT2D eigenvalue weighted by atomic mass is 10.2. The van der Waals surface area contributed by atoms with Crippen LogP contribution in [0.2, 0.25) is 0 Å². The Bertz CT molecular complexity index is 399. The molecule has 1 fully saturated rings. The molecule has 1 aliphatic rings. The summed E-state index contributed by atoms with van der Waals surface area (Å²) in [5.41, 5.74) is 0. The molecule has 0 aromatic carbocycles. The Morgan fingerprint density at radius 1 is 1.40 bits per heavy atom. The third-order valence-corrected chi connectivity index (χ3v) is 4.97. The van der Waals surface area contributed by atoms with Gasteiger partial charge in [-0.05, 0) is 31.3 Å². The van der Waals surface area contributed by atoms with Crippen LogP contribution in [0, 0.1) is 0 Å². The quantitative estimate of drug-likeness (QED) is 0.862. The van der Waals surface area contributed by atoms with E-state index in [1.54, 1.807) is 11.3 Å². The lowest BCUT2D eigenvalue weighted by molar-refractivity contribution is -0.126. The van der Waals surface area contributed by atoms with E-state index in [9.17, 15) is 4.79 Å². The standard InChI is InChI=1S/C15H25N3OS/c1-3-17-8-10-18(11-9-17)13(2)15(19)16-7-6-14-5-4-12-20-14/h4-5,12-13H,3,6-11H2,1-2H3,(H,16,19). The van der Waals surface area contributed by atoms with Gasteiger partial charge in [0.25, 0.3) is 0 Å². The Hall–Kier alpha value is -0.910. The van der Waals surface area contributed by atoms with Crippen molar-refractivity contribution in [2.45, 2.75) is 26.3 Å². The van der Waals surface area contributed by atoms with Crippen molar-refractivity contribution in [2.24, 2.45) is 0 Å². The number of piperazine rings is 1. The minimum atomic E-state index is -0.0164. The van der Waals surface area contributed by atoms with E-state index in [-0.39, 0.29) is 11.9 Å². The van der Waals surface area contributed by atoms with Crippen LogP contribution in [0.5, 0.6) is 0 Å². The smallest absolute Gasteiger partial charge is 0.237 e. The highest BCUT2D eigenvalue weighted by Gasteiger charge is 2.24. The van der Waals surface area contributed by atoms with E-state index in [1.165, 1.54) is 4.88 Å². The third kappa shape index (κ3) is 4.30. The van der Waals surface area contributed by atoms with Gasteiger partial charge in [0.15, 0.2) is 0 Å². The van der Waals surface area contributed by atoms with Gasteiger partial charge in [0, 0.05) is 37.6 Å². The average molecular weight is 295 g/mol. The number of likely N-dealkylation sites (N-methyl/N-ethyl adjacent to an activating group) is 1. The maximum Gasteiger partial charge on any atom is 0.237 e. The molecule has 0 bridgehead atoms. The van der Waals surface area contributed by atoms with Crippen LogP contribution >= 0.6 is 11.3 Å². The zero-order chi connectivity index (χ0) is 14.4. The molecule has 0 spiro atoms. The van der Waals surface area contributed by atoms with E-state index in [0.717, 1.165) is 45.7 Å². The highest BCUT2D eigenvalue weighted by atomic mass is 32.1. The zero-order valence-corrected chi connectivity index (χ0v) is 13.3. The summed E-state index contributed by atoms with van der Waals surface area (Å²) in [7, 11) is 0. The predicted molar refractivity (Wildman–Crippen MR) is 84.2 cm³/mol. The van der Waals surface area contributed by atoms with Crippen molar-refractivity contribution in [1.29, 1.82) is 0 Å². The molecule has 1 saturated heterocycles. The summed E-state index contributed by atoms with van der Waals surface area (Å²) in [5, 5.41) is 5.13. The average Bonchev–Trinajstić information content (AvgIpc) is 2.99. The summed E-state index contributed by atoms with van der Waals surface area (Å²) in [6, 6.07) is 4.15. The Labute approximate surface area is 125 Å². The maximum atomic E-state index is 12.2. The molecule has 1 aliphatic heterocycles. The molecule has 1 aromatic rings. The largest absolute Gasteiger partial charge is 0.354 e. The van der Waals surface area contributed by atoms with Crippen LogP contribution in [0.25, 0.3) is 0 Å². The van der Waals surface area contributed by atoms with E-state index in [0.29, 0.717) is 0 Å². The number of amides is 1. The molecule has 2 rings (SSSR count). The van der Waals surface area contributed by atoms with Crippen LogP contribution < -0.4 is 5.32 Å². The Balaban J connectivity index is 1.69. The minimum absolute atomic E-state index is 0.0164. The van der Waals surface area contributed by atoms with Crippen LogP contribution in [0.15, 0.2) is 17.5 Å². The molecule has 112 valence electrons. The summed E-state index contributed by atoms with van der Waals surface area (Å²) in [5.74, 6) is 0.159. The zero-order valence-electron chi connectivity index (χ0n) is 12.5. The molecule has 4 nitrogen and oxygen atoms in total. The first-order valence-corrected chi connectivity index (χ1v) is 8.35. The molecule has 1 N–H and O–H groups in total. The van der Waals surface area contributed by atoms with Gasteiger partial charge in [-0.15, -0.1) is 11.3 Å². The van der Waals surface area contributed by atoms with Gasteiger partial charge in [-0.3, -0.25) is 9.69 Å². The number of hydrogen-bond donors (Lipinski definition) is 1. The van der Waals surface area contributed by atoms with Crippen molar-refractivity contribution in [2.75, 3.05) is 39.3 Å². The van der Waals surface area contributed by atoms with Gasteiger partial charge in [-0.2, -0.15) is 0 Å². The first kappa shape index (κ1) is 15.5. The molecule has 1 amide bonds. The number of hydrogen-bond acceptors (Lipinski definition) is 4. The van der Waals surface area contributed by atoms with Crippen LogP contribution in [0.3, 0.4) is 0 Å². The van der Waals surface area contributed by atoms with Crippen molar-refractivity contribution in [3.05, 3.63) is 22.4 Å². The first-order chi connectivity index (χ1) is 9.70.